The van der Waals surface area contributed by atoms with E-state index < -0.39 is 17.9 Å². The molecule has 1 aliphatic rings. The molecular formula is C18H16ClNO3. The number of hydrogen-bond acceptors (Lipinski definition) is 3. The summed E-state index contributed by atoms with van der Waals surface area (Å²) in [6.45, 7) is 0.552. The fourth-order valence-corrected chi connectivity index (χ4v) is 3.05. The number of ketones is 1. The zero-order valence-corrected chi connectivity index (χ0v) is 13.1. The van der Waals surface area contributed by atoms with Crippen LogP contribution in [0.4, 0.5) is 0 Å². The van der Waals surface area contributed by atoms with Gasteiger partial charge >= 0.3 is 5.97 Å². The van der Waals surface area contributed by atoms with Gasteiger partial charge in [-0.2, -0.15) is 0 Å². The Labute approximate surface area is 139 Å². The molecule has 1 saturated heterocycles. The summed E-state index contributed by atoms with van der Waals surface area (Å²) in [7, 11) is 0. The van der Waals surface area contributed by atoms with Crippen LogP contribution < -0.4 is 5.32 Å². The standard InChI is InChI=1S/C18H16ClNO3/c19-14-7-5-12(6-8-14)11-1-3-13(4-2-11)17(21)15-9-10-20-16(15)18(22)23/h1-8,15-16,20H,9-10H2,(H,22,23)/t15-,16?/m0/s1. The Morgan fingerprint density at radius 2 is 1.57 bits per heavy atom. The minimum absolute atomic E-state index is 0.120. The molecule has 0 amide bonds. The van der Waals surface area contributed by atoms with E-state index in [4.69, 9.17) is 16.7 Å². The van der Waals surface area contributed by atoms with E-state index in [1.54, 1.807) is 12.1 Å². The molecule has 0 radical (unpaired) electrons. The van der Waals surface area contributed by atoms with Crippen molar-refractivity contribution in [3.8, 4) is 11.1 Å². The molecule has 3 rings (SSSR count). The van der Waals surface area contributed by atoms with Crippen molar-refractivity contribution >= 4 is 23.4 Å². The molecule has 23 heavy (non-hydrogen) atoms. The van der Waals surface area contributed by atoms with Crippen LogP contribution in [0.3, 0.4) is 0 Å². The first-order valence-electron chi connectivity index (χ1n) is 7.42. The fraction of sp³-hybridized carbons (Fsp3) is 0.222. The quantitative estimate of drug-likeness (QED) is 0.845. The Bertz CT molecular complexity index is 725. The van der Waals surface area contributed by atoms with Crippen LogP contribution >= 0.6 is 11.6 Å². The van der Waals surface area contributed by atoms with Gasteiger partial charge in [0.05, 0.1) is 0 Å². The van der Waals surface area contributed by atoms with Crippen molar-refractivity contribution < 1.29 is 14.7 Å². The molecule has 1 aliphatic heterocycles. The fourth-order valence-electron chi connectivity index (χ4n) is 2.93. The molecule has 0 aromatic heterocycles. The van der Waals surface area contributed by atoms with E-state index in [9.17, 15) is 9.59 Å². The second kappa shape index (κ2) is 6.52. The van der Waals surface area contributed by atoms with Crippen LogP contribution in [0, 0.1) is 5.92 Å². The third-order valence-corrected chi connectivity index (χ3v) is 4.42. The number of halogens is 1. The maximum Gasteiger partial charge on any atom is 0.321 e. The Balaban J connectivity index is 1.80. The third kappa shape index (κ3) is 3.28. The monoisotopic (exact) mass is 329 g/mol. The second-order valence-corrected chi connectivity index (χ2v) is 6.05. The number of carboxylic acids is 1. The van der Waals surface area contributed by atoms with E-state index >= 15 is 0 Å². The number of benzene rings is 2. The number of carboxylic acid groups (broad SMARTS) is 1. The highest BCUT2D eigenvalue weighted by atomic mass is 35.5. The van der Waals surface area contributed by atoms with Crippen LogP contribution in [0.25, 0.3) is 11.1 Å². The summed E-state index contributed by atoms with van der Waals surface area (Å²) in [4.78, 5) is 23.7. The van der Waals surface area contributed by atoms with Gasteiger partial charge in [0, 0.05) is 16.5 Å². The smallest absolute Gasteiger partial charge is 0.321 e. The van der Waals surface area contributed by atoms with E-state index in [2.05, 4.69) is 5.32 Å². The lowest BCUT2D eigenvalue weighted by molar-refractivity contribution is -0.139. The lowest BCUT2D eigenvalue weighted by Gasteiger charge is -2.14. The van der Waals surface area contributed by atoms with Crippen molar-refractivity contribution in [2.75, 3.05) is 6.54 Å². The van der Waals surface area contributed by atoms with E-state index in [1.165, 1.54) is 0 Å². The Kier molecular flexibility index (Phi) is 4.46. The second-order valence-electron chi connectivity index (χ2n) is 5.61. The Hall–Kier alpha value is -2.17. The highest BCUT2D eigenvalue weighted by molar-refractivity contribution is 6.30. The first kappa shape index (κ1) is 15.7. The van der Waals surface area contributed by atoms with E-state index in [-0.39, 0.29) is 5.78 Å². The minimum Gasteiger partial charge on any atom is -0.480 e. The van der Waals surface area contributed by atoms with Crippen LogP contribution in [-0.4, -0.2) is 29.4 Å². The number of Topliss-reactive ketones (excluding diaryl/α,β-unsaturated/α-hetero) is 1. The minimum atomic E-state index is -0.973. The van der Waals surface area contributed by atoms with Gasteiger partial charge in [-0.15, -0.1) is 0 Å². The molecule has 2 N–H and O–H groups in total. The zero-order chi connectivity index (χ0) is 16.4. The average Bonchev–Trinajstić information content (AvgIpc) is 3.05. The number of carbonyl (C=O) groups is 2. The van der Waals surface area contributed by atoms with Gasteiger partial charge < -0.3 is 10.4 Å². The molecule has 0 aliphatic carbocycles. The van der Waals surface area contributed by atoms with Gasteiger partial charge in [0.25, 0.3) is 0 Å². The molecule has 1 fully saturated rings. The van der Waals surface area contributed by atoms with Gasteiger partial charge in [0.2, 0.25) is 0 Å². The molecule has 2 aromatic carbocycles. The molecule has 1 unspecified atom stereocenters. The predicted octanol–water partition coefficient (Wildman–Crippen LogP) is 3.25. The summed E-state index contributed by atoms with van der Waals surface area (Å²) in [6, 6.07) is 13.9. The van der Waals surface area contributed by atoms with Crippen molar-refractivity contribution in [2.24, 2.45) is 5.92 Å². The number of carbonyl (C=O) groups excluding carboxylic acids is 1. The van der Waals surface area contributed by atoms with Crippen LogP contribution in [0.5, 0.6) is 0 Å². The largest absolute Gasteiger partial charge is 0.480 e. The van der Waals surface area contributed by atoms with E-state index in [0.717, 1.165) is 11.1 Å². The van der Waals surface area contributed by atoms with Crippen molar-refractivity contribution in [3.63, 3.8) is 0 Å². The number of rotatable bonds is 4. The first-order chi connectivity index (χ1) is 11.1. The van der Waals surface area contributed by atoms with Crippen molar-refractivity contribution in [3.05, 3.63) is 59.1 Å². The third-order valence-electron chi connectivity index (χ3n) is 4.17. The zero-order valence-electron chi connectivity index (χ0n) is 12.3. The molecule has 5 heteroatoms. The summed E-state index contributed by atoms with van der Waals surface area (Å²) in [5.74, 6) is -1.60. The number of hydrogen-bond donors (Lipinski definition) is 2. The maximum atomic E-state index is 12.5. The SMILES string of the molecule is O=C(O)C1NCC[C@@H]1C(=O)c1ccc(-c2ccc(Cl)cc2)cc1. The summed E-state index contributed by atoms with van der Waals surface area (Å²) < 4.78 is 0. The topological polar surface area (TPSA) is 66.4 Å². The van der Waals surface area contributed by atoms with Gasteiger partial charge in [-0.1, -0.05) is 48.0 Å². The predicted molar refractivity (Wildman–Crippen MR) is 88.8 cm³/mol. The molecule has 4 nitrogen and oxygen atoms in total. The van der Waals surface area contributed by atoms with Crippen molar-refractivity contribution in [1.29, 1.82) is 0 Å². The first-order valence-corrected chi connectivity index (χ1v) is 7.80. The van der Waals surface area contributed by atoms with Gasteiger partial charge in [-0.3, -0.25) is 9.59 Å². The molecule has 1 heterocycles. The molecule has 0 bridgehead atoms. The van der Waals surface area contributed by atoms with Gasteiger partial charge in [-0.25, -0.2) is 0 Å². The molecule has 118 valence electrons. The summed E-state index contributed by atoms with van der Waals surface area (Å²) in [5, 5.41) is 12.7. The van der Waals surface area contributed by atoms with Crippen molar-refractivity contribution in [2.45, 2.75) is 12.5 Å². The maximum absolute atomic E-state index is 12.5. The van der Waals surface area contributed by atoms with Gasteiger partial charge in [-0.05, 0) is 36.2 Å². The number of aliphatic carboxylic acids is 1. The van der Waals surface area contributed by atoms with Crippen LogP contribution in [0.2, 0.25) is 5.02 Å². The number of nitrogens with one attached hydrogen (secondary N) is 1. The Morgan fingerprint density at radius 3 is 2.13 bits per heavy atom. The highest BCUT2D eigenvalue weighted by Gasteiger charge is 2.37. The normalized spacial score (nSPS) is 20.4. The molecule has 0 spiro atoms. The van der Waals surface area contributed by atoms with E-state index in [1.807, 2.05) is 36.4 Å². The molecule has 2 atom stereocenters. The van der Waals surface area contributed by atoms with Gasteiger partial charge in [0.15, 0.2) is 5.78 Å². The highest BCUT2D eigenvalue weighted by Crippen LogP contribution is 2.25. The average molecular weight is 330 g/mol. The molecule has 2 aromatic rings. The van der Waals surface area contributed by atoms with Crippen molar-refractivity contribution in [1.82, 2.24) is 5.32 Å². The molecule has 0 saturated carbocycles. The lowest BCUT2D eigenvalue weighted by Crippen LogP contribution is -2.38. The van der Waals surface area contributed by atoms with Crippen LogP contribution in [-0.2, 0) is 4.79 Å². The Morgan fingerprint density at radius 1 is 1.00 bits per heavy atom. The van der Waals surface area contributed by atoms with Crippen LogP contribution in [0.15, 0.2) is 48.5 Å². The summed E-state index contributed by atoms with van der Waals surface area (Å²) >= 11 is 5.88. The van der Waals surface area contributed by atoms with E-state index in [0.29, 0.717) is 23.6 Å². The summed E-state index contributed by atoms with van der Waals surface area (Å²) in [5.41, 5.74) is 2.54. The van der Waals surface area contributed by atoms with Gasteiger partial charge in [0.1, 0.15) is 6.04 Å². The van der Waals surface area contributed by atoms with Crippen LogP contribution in [0.1, 0.15) is 16.8 Å². The summed E-state index contributed by atoms with van der Waals surface area (Å²) in [6.07, 6.45) is 0.550. The lowest BCUT2D eigenvalue weighted by atomic mass is 9.90. The molecular weight excluding hydrogens is 314 g/mol.